The fraction of sp³-hybridized carbons (Fsp3) is 0.667. The summed E-state index contributed by atoms with van der Waals surface area (Å²) in [6, 6.07) is 1.77. The molecule has 0 saturated carbocycles. The van der Waals surface area contributed by atoms with Crippen LogP contribution in [0.3, 0.4) is 0 Å². The highest BCUT2D eigenvalue weighted by atomic mass is 32.2. The quantitative estimate of drug-likeness (QED) is 0.600. The lowest BCUT2D eigenvalue weighted by Crippen LogP contribution is -2.36. The minimum absolute atomic E-state index is 0.187. The van der Waals surface area contributed by atoms with E-state index >= 15 is 0 Å². The largest absolute Gasteiger partial charge is 0.388 e. The fourth-order valence-corrected chi connectivity index (χ4v) is 2.26. The van der Waals surface area contributed by atoms with Crippen molar-refractivity contribution in [3.05, 3.63) is 18.1 Å². The molecule has 0 radical (unpaired) electrons. The maximum atomic E-state index is 11.5. The monoisotopic (exact) mass is 317 g/mol. The Kier molecular flexibility index (Phi) is 6.96. The van der Waals surface area contributed by atoms with Gasteiger partial charge in [-0.15, -0.1) is 0 Å². The zero-order chi connectivity index (χ0) is 15.9. The van der Waals surface area contributed by atoms with Crippen LogP contribution in [0, 0.1) is 0 Å². The Morgan fingerprint density at radius 1 is 1.29 bits per heavy atom. The topological polar surface area (TPSA) is 98.7 Å². The molecule has 1 aromatic heterocycles. The molecular formula is C12H23N5O3S. The Morgan fingerprint density at radius 3 is 2.62 bits per heavy atom. The molecule has 0 amide bonds. The predicted molar refractivity (Wildman–Crippen MR) is 81.1 cm³/mol. The second-order valence-electron chi connectivity index (χ2n) is 4.80. The number of hydrogen-bond donors (Lipinski definition) is 2. The summed E-state index contributed by atoms with van der Waals surface area (Å²) in [7, 11) is 1.54. The standard InChI is InChI=1S/C12H23N5O3S/c1-16(2)21(19,20)14-7-4-5-9-17(3)12-6-8-13-11(10-18)15-12/h6,8,14,18H,4-5,7,9-10H2,1-3H3. The number of nitrogens with one attached hydrogen (secondary N) is 1. The summed E-state index contributed by atoms with van der Waals surface area (Å²) in [5.41, 5.74) is 0. The summed E-state index contributed by atoms with van der Waals surface area (Å²) in [4.78, 5) is 10.1. The van der Waals surface area contributed by atoms with Crippen molar-refractivity contribution in [1.82, 2.24) is 19.0 Å². The van der Waals surface area contributed by atoms with Crippen molar-refractivity contribution in [3.63, 3.8) is 0 Å². The molecule has 1 heterocycles. The van der Waals surface area contributed by atoms with Crippen molar-refractivity contribution in [2.75, 3.05) is 39.1 Å². The summed E-state index contributed by atoms with van der Waals surface area (Å²) in [5.74, 6) is 1.13. The number of aliphatic hydroxyl groups excluding tert-OH is 1. The van der Waals surface area contributed by atoms with Crippen molar-refractivity contribution in [2.24, 2.45) is 0 Å². The average Bonchev–Trinajstić information content (AvgIpc) is 2.46. The van der Waals surface area contributed by atoms with Crippen LogP contribution < -0.4 is 9.62 Å². The lowest BCUT2D eigenvalue weighted by atomic mass is 10.3. The van der Waals surface area contributed by atoms with Crippen molar-refractivity contribution in [2.45, 2.75) is 19.4 Å². The number of anilines is 1. The second-order valence-corrected chi connectivity index (χ2v) is 6.77. The molecule has 0 bridgehead atoms. The number of aliphatic hydroxyl groups is 1. The molecule has 1 rings (SSSR count). The van der Waals surface area contributed by atoms with Crippen molar-refractivity contribution in [1.29, 1.82) is 0 Å². The Hall–Kier alpha value is -1.29. The van der Waals surface area contributed by atoms with Crippen LogP contribution >= 0.6 is 0 Å². The first kappa shape index (κ1) is 17.8. The third-order valence-corrected chi connectivity index (χ3v) is 4.44. The van der Waals surface area contributed by atoms with Crippen molar-refractivity contribution >= 4 is 16.0 Å². The number of unbranched alkanes of at least 4 members (excludes halogenated alkanes) is 1. The first-order valence-corrected chi connectivity index (χ1v) is 8.12. The maximum absolute atomic E-state index is 11.5. The lowest BCUT2D eigenvalue weighted by Gasteiger charge is -2.18. The minimum Gasteiger partial charge on any atom is -0.388 e. The molecule has 9 heteroatoms. The summed E-state index contributed by atoms with van der Waals surface area (Å²) in [5, 5.41) is 9.00. The Balaban J connectivity index is 2.32. The number of rotatable bonds is 9. The fourth-order valence-electron chi connectivity index (χ4n) is 1.60. The van der Waals surface area contributed by atoms with E-state index in [1.54, 1.807) is 12.3 Å². The van der Waals surface area contributed by atoms with Crippen LogP contribution in [0.2, 0.25) is 0 Å². The van der Waals surface area contributed by atoms with Gasteiger partial charge in [0.25, 0.3) is 10.2 Å². The third-order valence-electron chi connectivity index (χ3n) is 2.91. The van der Waals surface area contributed by atoms with E-state index < -0.39 is 10.2 Å². The van der Waals surface area contributed by atoms with Gasteiger partial charge in [-0.1, -0.05) is 0 Å². The van der Waals surface area contributed by atoms with Gasteiger partial charge in [0.2, 0.25) is 0 Å². The highest BCUT2D eigenvalue weighted by molar-refractivity contribution is 7.87. The highest BCUT2D eigenvalue weighted by Gasteiger charge is 2.11. The van der Waals surface area contributed by atoms with Gasteiger partial charge in [0.05, 0.1) is 0 Å². The van der Waals surface area contributed by atoms with E-state index in [2.05, 4.69) is 14.7 Å². The van der Waals surface area contributed by atoms with Crippen molar-refractivity contribution < 1.29 is 13.5 Å². The Bertz CT molecular complexity index is 535. The lowest BCUT2D eigenvalue weighted by molar-refractivity contribution is 0.271. The van der Waals surface area contributed by atoms with Crippen LogP contribution in [-0.4, -0.2) is 62.0 Å². The third kappa shape index (κ3) is 5.92. The SMILES string of the molecule is CN(CCCCNS(=O)(=O)N(C)C)c1ccnc(CO)n1. The van der Waals surface area contributed by atoms with E-state index in [1.807, 2.05) is 11.9 Å². The number of aromatic nitrogens is 2. The van der Waals surface area contributed by atoms with Gasteiger partial charge in [0, 0.05) is 40.4 Å². The molecule has 0 fully saturated rings. The molecule has 0 aromatic carbocycles. The average molecular weight is 317 g/mol. The molecule has 0 aliphatic rings. The summed E-state index contributed by atoms with van der Waals surface area (Å²) < 4.78 is 26.6. The van der Waals surface area contributed by atoms with Gasteiger partial charge in [-0.05, 0) is 18.9 Å². The normalized spacial score (nSPS) is 11.9. The predicted octanol–water partition coefficient (Wildman–Crippen LogP) is -0.419. The van der Waals surface area contributed by atoms with E-state index in [4.69, 9.17) is 5.11 Å². The Labute approximate surface area is 126 Å². The molecule has 0 atom stereocenters. The van der Waals surface area contributed by atoms with E-state index in [0.717, 1.165) is 29.5 Å². The van der Waals surface area contributed by atoms with Crippen molar-refractivity contribution in [3.8, 4) is 0 Å². The zero-order valence-electron chi connectivity index (χ0n) is 12.7. The van der Waals surface area contributed by atoms with Crippen LogP contribution in [0.1, 0.15) is 18.7 Å². The first-order valence-electron chi connectivity index (χ1n) is 6.68. The molecule has 0 spiro atoms. The molecule has 0 aliphatic heterocycles. The van der Waals surface area contributed by atoms with Gasteiger partial charge in [-0.3, -0.25) is 0 Å². The number of nitrogens with zero attached hydrogens (tertiary/aromatic N) is 4. The second kappa shape index (κ2) is 8.23. The smallest absolute Gasteiger partial charge is 0.278 e. The van der Waals surface area contributed by atoms with Gasteiger partial charge in [-0.25, -0.2) is 14.7 Å². The minimum atomic E-state index is -3.34. The summed E-state index contributed by atoms with van der Waals surface area (Å²) in [6.07, 6.45) is 3.16. The summed E-state index contributed by atoms with van der Waals surface area (Å²) in [6.45, 7) is 0.958. The zero-order valence-corrected chi connectivity index (χ0v) is 13.5. The van der Waals surface area contributed by atoms with E-state index in [0.29, 0.717) is 12.4 Å². The molecule has 21 heavy (non-hydrogen) atoms. The molecule has 0 unspecified atom stereocenters. The van der Waals surface area contributed by atoms with Crippen LogP contribution in [0.25, 0.3) is 0 Å². The van der Waals surface area contributed by atoms with Gasteiger partial charge < -0.3 is 10.0 Å². The van der Waals surface area contributed by atoms with Gasteiger partial charge in [0.1, 0.15) is 12.4 Å². The van der Waals surface area contributed by atoms with Crippen LogP contribution in [-0.2, 0) is 16.8 Å². The van der Waals surface area contributed by atoms with E-state index in [9.17, 15) is 8.42 Å². The summed E-state index contributed by atoms with van der Waals surface area (Å²) >= 11 is 0. The maximum Gasteiger partial charge on any atom is 0.278 e. The molecule has 8 nitrogen and oxygen atoms in total. The van der Waals surface area contributed by atoms with Gasteiger partial charge >= 0.3 is 0 Å². The van der Waals surface area contributed by atoms with Crippen LogP contribution in [0.4, 0.5) is 5.82 Å². The van der Waals surface area contributed by atoms with Crippen LogP contribution in [0.15, 0.2) is 12.3 Å². The number of hydrogen-bond acceptors (Lipinski definition) is 6. The van der Waals surface area contributed by atoms with Gasteiger partial charge in [-0.2, -0.15) is 12.7 Å². The van der Waals surface area contributed by atoms with E-state index in [1.165, 1.54) is 14.1 Å². The van der Waals surface area contributed by atoms with Crippen LogP contribution in [0.5, 0.6) is 0 Å². The first-order chi connectivity index (χ1) is 9.86. The molecule has 0 saturated heterocycles. The molecule has 120 valence electrons. The molecule has 0 aliphatic carbocycles. The molecule has 2 N–H and O–H groups in total. The molecular weight excluding hydrogens is 294 g/mol. The molecule has 1 aromatic rings. The Morgan fingerprint density at radius 2 is 2.00 bits per heavy atom. The van der Waals surface area contributed by atoms with E-state index in [-0.39, 0.29) is 6.61 Å². The van der Waals surface area contributed by atoms with Gasteiger partial charge in [0.15, 0.2) is 5.82 Å². The highest BCUT2D eigenvalue weighted by Crippen LogP contribution is 2.08.